The molecule has 2 nitrogen and oxygen atoms in total. The van der Waals surface area contributed by atoms with Crippen molar-refractivity contribution in [1.82, 2.24) is 0 Å². The molecule has 0 amide bonds. The minimum atomic E-state index is -0.315. The maximum Gasteiger partial charge on any atom is 0.143 e. The number of nitrogens with zero attached hydrogens (tertiary/aromatic N) is 1. The summed E-state index contributed by atoms with van der Waals surface area (Å²) in [7, 11) is 0. The van der Waals surface area contributed by atoms with Gasteiger partial charge in [0.2, 0.25) is 0 Å². The van der Waals surface area contributed by atoms with Crippen molar-refractivity contribution in [3.05, 3.63) is 270 Å². The molecule has 1 spiro atoms. The van der Waals surface area contributed by atoms with Crippen LogP contribution in [-0.4, -0.2) is 0 Å². The lowest BCUT2D eigenvalue weighted by Crippen LogP contribution is -2.44. The normalized spacial score (nSPS) is 17.1. The number of para-hydroxylation sites is 2. The molecule has 3 aliphatic carbocycles. The summed E-state index contributed by atoms with van der Waals surface area (Å²) in [6.45, 7) is 4.80. The van der Waals surface area contributed by atoms with Crippen LogP contribution < -0.4 is 4.90 Å². The summed E-state index contributed by atoms with van der Waals surface area (Å²) < 4.78 is 6.46. The lowest BCUT2D eigenvalue weighted by Gasteiger charge is -2.49. The fraction of sp³-hybridized carbons (Fsp3) is 0.0938. The SMILES string of the molecule is CC1(C)c2ccccc2C2(c3ccccc31)c1cccc(-c3ccc(N(c4ccc(-c5ccccc5)cc4)c4ccc(-c5cccc6c5oc5ccccc56)cc4)cc3)c1C1C=CC=CC12. The molecule has 0 aliphatic heterocycles. The molecule has 13 rings (SSSR count). The Labute approximate surface area is 386 Å². The molecule has 0 saturated carbocycles. The quantitative estimate of drug-likeness (QED) is 0.166. The van der Waals surface area contributed by atoms with E-state index in [1.54, 1.807) is 0 Å². The molecule has 10 aromatic rings. The van der Waals surface area contributed by atoms with Crippen LogP contribution in [0.1, 0.15) is 53.1 Å². The average Bonchev–Trinajstić information content (AvgIpc) is 3.91. The Kier molecular flexibility index (Phi) is 8.64. The zero-order valence-corrected chi connectivity index (χ0v) is 37.0. The Balaban J connectivity index is 0.930. The first-order chi connectivity index (χ1) is 32.5. The summed E-state index contributed by atoms with van der Waals surface area (Å²) in [4.78, 5) is 2.37. The number of allylic oxidation sites excluding steroid dienone is 4. The second kappa shape index (κ2) is 14.8. The fourth-order valence-corrected chi connectivity index (χ4v) is 12.1. The van der Waals surface area contributed by atoms with E-state index in [4.69, 9.17) is 4.42 Å². The molecule has 3 aliphatic rings. The number of anilines is 3. The van der Waals surface area contributed by atoms with Gasteiger partial charge in [-0.1, -0.05) is 208 Å². The molecule has 66 heavy (non-hydrogen) atoms. The van der Waals surface area contributed by atoms with Crippen LogP contribution in [0, 0.1) is 5.92 Å². The van der Waals surface area contributed by atoms with Crippen molar-refractivity contribution in [2.24, 2.45) is 5.92 Å². The number of hydrogen-bond acceptors (Lipinski definition) is 2. The molecular weight excluding hydrogens is 799 g/mol. The highest BCUT2D eigenvalue weighted by atomic mass is 16.3. The third kappa shape index (κ3) is 5.61. The topological polar surface area (TPSA) is 16.4 Å². The van der Waals surface area contributed by atoms with Crippen LogP contribution in [-0.2, 0) is 10.8 Å². The van der Waals surface area contributed by atoms with Crippen molar-refractivity contribution in [3.8, 4) is 33.4 Å². The molecule has 2 heteroatoms. The Morgan fingerprint density at radius 3 is 1.55 bits per heavy atom. The summed E-state index contributed by atoms with van der Waals surface area (Å²) >= 11 is 0. The molecule has 2 unspecified atom stereocenters. The van der Waals surface area contributed by atoms with E-state index in [1.807, 2.05) is 12.1 Å². The van der Waals surface area contributed by atoms with E-state index < -0.39 is 0 Å². The average molecular weight is 846 g/mol. The number of furan rings is 1. The predicted octanol–water partition coefficient (Wildman–Crippen LogP) is 16.9. The summed E-state index contributed by atoms with van der Waals surface area (Å²) in [6, 6.07) is 78.1. The zero-order chi connectivity index (χ0) is 44.0. The number of fused-ring (bicyclic) bond motifs is 12. The first-order valence-corrected chi connectivity index (χ1v) is 23.3. The van der Waals surface area contributed by atoms with E-state index in [0.29, 0.717) is 0 Å². The van der Waals surface area contributed by atoms with E-state index in [1.165, 1.54) is 55.6 Å². The highest BCUT2D eigenvalue weighted by molar-refractivity contribution is 6.09. The third-order valence-corrected chi connectivity index (χ3v) is 15.1. The molecule has 0 radical (unpaired) electrons. The minimum Gasteiger partial charge on any atom is -0.455 e. The van der Waals surface area contributed by atoms with Crippen LogP contribution in [0.5, 0.6) is 0 Å². The van der Waals surface area contributed by atoms with Crippen LogP contribution >= 0.6 is 0 Å². The summed E-state index contributed by atoms with van der Waals surface area (Å²) in [5.74, 6) is 0.472. The summed E-state index contributed by atoms with van der Waals surface area (Å²) in [5, 5.41) is 2.27. The van der Waals surface area contributed by atoms with Gasteiger partial charge in [0.15, 0.2) is 0 Å². The van der Waals surface area contributed by atoms with E-state index in [-0.39, 0.29) is 22.7 Å². The van der Waals surface area contributed by atoms with Gasteiger partial charge in [0, 0.05) is 50.6 Å². The van der Waals surface area contributed by atoms with E-state index in [9.17, 15) is 0 Å². The van der Waals surface area contributed by atoms with Crippen molar-refractivity contribution < 1.29 is 4.42 Å². The van der Waals surface area contributed by atoms with Crippen LogP contribution in [0.4, 0.5) is 17.1 Å². The Hall–Kier alpha value is -7.94. The molecule has 1 aromatic heterocycles. The number of rotatable bonds is 6. The van der Waals surface area contributed by atoms with Gasteiger partial charge in [0.1, 0.15) is 11.2 Å². The maximum atomic E-state index is 6.46. The largest absolute Gasteiger partial charge is 0.455 e. The highest BCUT2D eigenvalue weighted by Gasteiger charge is 2.58. The van der Waals surface area contributed by atoms with Crippen molar-refractivity contribution in [1.29, 1.82) is 0 Å². The van der Waals surface area contributed by atoms with Crippen molar-refractivity contribution in [3.63, 3.8) is 0 Å². The van der Waals surface area contributed by atoms with Gasteiger partial charge in [-0.2, -0.15) is 0 Å². The standard InChI is InChI=1S/C64H47NO/c1-63(2)55-24-9-11-26-57(55)64(58-27-12-10-25-56(58)63)54-23-8-6-19-53(54)61-49(20-15-28-59(61)64)44-32-38-47(39-33-44)65(46-36-30-43(31-37-46)42-16-4-3-5-17-42)48-40-34-45(35-41-48)50-21-14-22-52-51-18-7-13-29-60(51)66-62(50)52/h3-41,53-54H,1-2H3. The van der Waals surface area contributed by atoms with E-state index in [0.717, 1.165) is 50.1 Å². The summed E-state index contributed by atoms with van der Waals surface area (Å²) in [5.41, 5.74) is 20.4. The smallest absolute Gasteiger partial charge is 0.143 e. The fourth-order valence-electron chi connectivity index (χ4n) is 12.1. The zero-order valence-electron chi connectivity index (χ0n) is 37.0. The van der Waals surface area contributed by atoms with Crippen LogP contribution in [0.15, 0.2) is 241 Å². The molecular formula is C64H47NO. The van der Waals surface area contributed by atoms with Crippen LogP contribution in [0.25, 0.3) is 55.3 Å². The van der Waals surface area contributed by atoms with Crippen molar-refractivity contribution >= 4 is 39.0 Å². The van der Waals surface area contributed by atoms with E-state index >= 15 is 0 Å². The lowest BCUT2D eigenvalue weighted by atomic mass is 9.53. The molecule has 0 N–H and O–H groups in total. The second-order valence-corrected chi connectivity index (χ2v) is 18.7. The van der Waals surface area contributed by atoms with Gasteiger partial charge in [-0.25, -0.2) is 0 Å². The summed E-state index contributed by atoms with van der Waals surface area (Å²) in [6.07, 6.45) is 9.49. The Bertz CT molecular complexity index is 3500. The van der Waals surface area contributed by atoms with Crippen molar-refractivity contribution in [2.45, 2.75) is 30.6 Å². The van der Waals surface area contributed by atoms with Gasteiger partial charge >= 0.3 is 0 Å². The Morgan fingerprint density at radius 1 is 0.394 bits per heavy atom. The molecule has 0 saturated heterocycles. The third-order valence-electron chi connectivity index (χ3n) is 15.1. The molecule has 0 bridgehead atoms. The number of hydrogen-bond donors (Lipinski definition) is 0. The number of benzene rings is 9. The minimum absolute atomic E-state index is 0.116. The molecule has 2 atom stereocenters. The van der Waals surface area contributed by atoms with Gasteiger partial charge in [0.25, 0.3) is 0 Å². The second-order valence-electron chi connectivity index (χ2n) is 18.7. The first-order valence-electron chi connectivity index (χ1n) is 23.3. The van der Waals surface area contributed by atoms with Crippen LogP contribution in [0.2, 0.25) is 0 Å². The van der Waals surface area contributed by atoms with Crippen LogP contribution in [0.3, 0.4) is 0 Å². The highest BCUT2D eigenvalue weighted by Crippen LogP contribution is 2.65. The van der Waals surface area contributed by atoms with Gasteiger partial charge in [0.05, 0.1) is 5.41 Å². The van der Waals surface area contributed by atoms with Crippen molar-refractivity contribution in [2.75, 3.05) is 4.90 Å². The van der Waals surface area contributed by atoms with E-state index in [2.05, 4.69) is 243 Å². The molecule has 0 fully saturated rings. The van der Waals surface area contributed by atoms with Gasteiger partial charge in [-0.3, -0.25) is 0 Å². The molecule has 9 aromatic carbocycles. The maximum absolute atomic E-state index is 6.46. The van der Waals surface area contributed by atoms with Gasteiger partial charge in [-0.15, -0.1) is 0 Å². The lowest BCUT2D eigenvalue weighted by molar-refractivity contribution is 0.420. The molecule has 314 valence electrons. The Morgan fingerprint density at radius 2 is 0.879 bits per heavy atom. The first kappa shape index (κ1) is 38.5. The van der Waals surface area contributed by atoms with Gasteiger partial charge < -0.3 is 9.32 Å². The molecule has 1 heterocycles. The monoisotopic (exact) mass is 845 g/mol. The van der Waals surface area contributed by atoms with Gasteiger partial charge in [-0.05, 0) is 104 Å². The predicted molar refractivity (Wildman–Crippen MR) is 274 cm³/mol.